The fourth-order valence-electron chi connectivity index (χ4n) is 3.02. The van der Waals surface area contributed by atoms with E-state index in [1.807, 2.05) is 17.9 Å². The first-order chi connectivity index (χ1) is 9.04. The maximum atomic E-state index is 5.82. The number of nitrogens with zero attached hydrogens (tertiary/aromatic N) is 3. The lowest BCUT2D eigenvalue weighted by molar-refractivity contribution is 0.0611. The lowest BCUT2D eigenvalue weighted by atomic mass is 9.87. The Hall–Kier alpha value is -0.910. The van der Waals surface area contributed by atoms with Gasteiger partial charge in [0.15, 0.2) is 0 Å². The van der Waals surface area contributed by atoms with Crippen molar-refractivity contribution in [2.75, 3.05) is 13.1 Å². The molecule has 3 N–H and O–H groups in total. The highest BCUT2D eigenvalue weighted by Crippen LogP contribution is 2.25. The van der Waals surface area contributed by atoms with Crippen LogP contribution in [-0.4, -0.2) is 39.4 Å². The van der Waals surface area contributed by atoms with Crippen LogP contribution in [0.4, 0.5) is 0 Å². The van der Waals surface area contributed by atoms with Crippen LogP contribution in [0.25, 0.3) is 0 Å². The maximum Gasteiger partial charge on any atom is 0.0522 e. The summed E-state index contributed by atoms with van der Waals surface area (Å²) in [5, 5.41) is 4.23. The third-order valence-electron chi connectivity index (χ3n) is 4.42. The lowest BCUT2D eigenvalue weighted by Gasteiger charge is -2.45. The summed E-state index contributed by atoms with van der Waals surface area (Å²) < 4.78 is 1.84. The largest absolute Gasteiger partial charge is 0.297 e. The number of aryl methyl sites for hydroxylation is 1. The third kappa shape index (κ3) is 3.35. The molecule has 1 saturated heterocycles. The van der Waals surface area contributed by atoms with Crippen LogP contribution < -0.4 is 11.3 Å². The van der Waals surface area contributed by atoms with E-state index in [1.54, 1.807) is 0 Å². The minimum Gasteiger partial charge on any atom is -0.297 e. The van der Waals surface area contributed by atoms with Gasteiger partial charge in [-0.2, -0.15) is 5.10 Å². The molecule has 1 aromatic rings. The van der Waals surface area contributed by atoms with Gasteiger partial charge in [-0.15, -0.1) is 0 Å². The Morgan fingerprint density at radius 2 is 2.05 bits per heavy atom. The SMILES string of the molecule is Cn1cc(CC(NN)C(C)(C)N2CCCCC2)cn1. The summed E-state index contributed by atoms with van der Waals surface area (Å²) in [6.07, 6.45) is 8.86. The molecular weight excluding hydrogens is 238 g/mol. The van der Waals surface area contributed by atoms with Crippen LogP contribution in [0.3, 0.4) is 0 Å². The van der Waals surface area contributed by atoms with Gasteiger partial charge in [0.2, 0.25) is 0 Å². The van der Waals surface area contributed by atoms with Gasteiger partial charge in [-0.3, -0.25) is 20.9 Å². The molecule has 1 fully saturated rings. The second kappa shape index (κ2) is 6.03. The number of likely N-dealkylation sites (tertiary alicyclic amines) is 1. The van der Waals surface area contributed by atoms with E-state index in [2.05, 4.69) is 35.5 Å². The van der Waals surface area contributed by atoms with Gasteiger partial charge in [0.25, 0.3) is 0 Å². The van der Waals surface area contributed by atoms with Gasteiger partial charge in [-0.25, -0.2) is 0 Å². The fourth-order valence-corrected chi connectivity index (χ4v) is 3.02. The molecule has 0 saturated carbocycles. The Balaban J connectivity index is 2.06. The van der Waals surface area contributed by atoms with Crippen LogP contribution in [0.2, 0.25) is 0 Å². The van der Waals surface area contributed by atoms with E-state index < -0.39 is 0 Å². The Morgan fingerprint density at radius 3 is 2.58 bits per heavy atom. The normalized spacial score (nSPS) is 19.6. The molecule has 0 spiro atoms. The minimum absolute atomic E-state index is 0.0605. The summed E-state index contributed by atoms with van der Waals surface area (Å²) >= 11 is 0. The molecule has 0 aromatic carbocycles. The van der Waals surface area contributed by atoms with Gasteiger partial charge in [0.1, 0.15) is 0 Å². The van der Waals surface area contributed by atoms with Gasteiger partial charge in [-0.05, 0) is 51.8 Å². The first-order valence-corrected chi connectivity index (χ1v) is 7.22. The summed E-state index contributed by atoms with van der Waals surface area (Å²) in [7, 11) is 1.95. The first kappa shape index (κ1) is 14.5. The van der Waals surface area contributed by atoms with E-state index in [0.29, 0.717) is 0 Å². The van der Waals surface area contributed by atoms with E-state index in [0.717, 1.165) is 6.42 Å². The van der Waals surface area contributed by atoms with Crippen molar-refractivity contribution in [3.8, 4) is 0 Å². The molecule has 0 bridgehead atoms. The topological polar surface area (TPSA) is 59.1 Å². The van der Waals surface area contributed by atoms with E-state index in [9.17, 15) is 0 Å². The Labute approximate surface area is 116 Å². The fraction of sp³-hybridized carbons (Fsp3) is 0.786. The highest BCUT2D eigenvalue weighted by Gasteiger charge is 2.35. The zero-order valence-electron chi connectivity index (χ0n) is 12.4. The van der Waals surface area contributed by atoms with E-state index in [1.165, 1.54) is 37.9 Å². The van der Waals surface area contributed by atoms with Gasteiger partial charge < -0.3 is 0 Å². The second-order valence-electron chi connectivity index (χ2n) is 6.15. The van der Waals surface area contributed by atoms with Crippen molar-refractivity contribution in [2.24, 2.45) is 12.9 Å². The van der Waals surface area contributed by atoms with Crippen molar-refractivity contribution in [1.82, 2.24) is 20.1 Å². The Morgan fingerprint density at radius 1 is 1.37 bits per heavy atom. The smallest absolute Gasteiger partial charge is 0.0522 e. The molecule has 2 heterocycles. The second-order valence-corrected chi connectivity index (χ2v) is 6.15. The monoisotopic (exact) mass is 265 g/mol. The predicted molar refractivity (Wildman–Crippen MR) is 77.5 cm³/mol. The molecule has 108 valence electrons. The molecule has 19 heavy (non-hydrogen) atoms. The van der Waals surface area contributed by atoms with Crippen LogP contribution in [0.1, 0.15) is 38.7 Å². The molecule has 5 heteroatoms. The number of hydrazine groups is 1. The summed E-state index contributed by atoms with van der Waals surface area (Å²) in [4.78, 5) is 2.57. The Bertz CT molecular complexity index is 392. The molecule has 2 rings (SSSR count). The highest BCUT2D eigenvalue weighted by atomic mass is 15.3. The quantitative estimate of drug-likeness (QED) is 0.617. The van der Waals surface area contributed by atoms with E-state index in [4.69, 9.17) is 5.84 Å². The molecule has 1 unspecified atom stereocenters. The number of piperidine rings is 1. The minimum atomic E-state index is 0.0605. The summed E-state index contributed by atoms with van der Waals surface area (Å²) in [6, 6.07) is 0.231. The predicted octanol–water partition coefficient (Wildman–Crippen LogP) is 1.06. The van der Waals surface area contributed by atoms with Crippen molar-refractivity contribution < 1.29 is 0 Å². The number of hydrogen-bond acceptors (Lipinski definition) is 4. The van der Waals surface area contributed by atoms with Crippen molar-refractivity contribution in [2.45, 2.75) is 51.1 Å². The molecule has 5 nitrogen and oxygen atoms in total. The lowest BCUT2D eigenvalue weighted by Crippen LogP contribution is -2.61. The van der Waals surface area contributed by atoms with Crippen molar-refractivity contribution in [3.05, 3.63) is 18.0 Å². The van der Waals surface area contributed by atoms with E-state index >= 15 is 0 Å². The van der Waals surface area contributed by atoms with Crippen LogP contribution in [0, 0.1) is 0 Å². The number of hydrogen-bond donors (Lipinski definition) is 2. The van der Waals surface area contributed by atoms with Gasteiger partial charge >= 0.3 is 0 Å². The van der Waals surface area contributed by atoms with E-state index in [-0.39, 0.29) is 11.6 Å². The maximum absolute atomic E-state index is 5.82. The average molecular weight is 265 g/mol. The Kier molecular flexibility index (Phi) is 4.60. The van der Waals surface area contributed by atoms with Crippen molar-refractivity contribution >= 4 is 0 Å². The number of rotatable bonds is 5. The van der Waals surface area contributed by atoms with Crippen LogP contribution in [0.15, 0.2) is 12.4 Å². The third-order valence-corrected chi connectivity index (χ3v) is 4.42. The van der Waals surface area contributed by atoms with Gasteiger partial charge in [0, 0.05) is 24.8 Å². The molecule has 1 atom stereocenters. The van der Waals surface area contributed by atoms with Gasteiger partial charge in [-0.1, -0.05) is 6.42 Å². The summed E-state index contributed by atoms with van der Waals surface area (Å²) in [5.41, 5.74) is 4.31. The zero-order chi connectivity index (χ0) is 13.9. The van der Waals surface area contributed by atoms with Gasteiger partial charge in [0.05, 0.1) is 6.20 Å². The molecule has 1 aromatic heterocycles. The zero-order valence-corrected chi connectivity index (χ0v) is 12.4. The molecule has 0 radical (unpaired) electrons. The number of aromatic nitrogens is 2. The summed E-state index contributed by atoms with van der Waals surface area (Å²) in [5.74, 6) is 5.82. The highest BCUT2D eigenvalue weighted by molar-refractivity contribution is 5.09. The van der Waals surface area contributed by atoms with Crippen LogP contribution >= 0.6 is 0 Å². The first-order valence-electron chi connectivity index (χ1n) is 7.22. The standard InChI is InChI=1S/C14H27N5/c1-14(2,19-7-5-4-6-8-19)13(17-15)9-12-10-16-18(3)11-12/h10-11,13,17H,4-9,15H2,1-3H3. The van der Waals surface area contributed by atoms with Crippen molar-refractivity contribution in [3.63, 3.8) is 0 Å². The summed E-state index contributed by atoms with van der Waals surface area (Å²) in [6.45, 7) is 6.94. The molecule has 0 amide bonds. The average Bonchev–Trinajstić information content (AvgIpc) is 2.82. The molecular formula is C14H27N5. The molecule has 0 aliphatic carbocycles. The molecule has 1 aliphatic rings. The van der Waals surface area contributed by atoms with Crippen LogP contribution in [-0.2, 0) is 13.5 Å². The molecule has 1 aliphatic heterocycles. The number of nitrogens with one attached hydrogen (secondary N) is 1. The number of nitrogens with two attached hydrogens (primary N) is 1. The van der Waals surface area contributed by atoms with Crippen molar-refractivity contribution in [1.29, 1.82) is 0 Å². The van der Waals surface area contributed by atoms with Crippen LogP contribution in [0.5, 0.6) is 0 Å².